The normalized spacial score (nSPS) is 15.3. The largest absolute Gasteiger partial charge is 0.497 e. The lowest BCUT2D eigenvalue weighted by Crippen LogP contribution is -2.28. The lowest BCUT2D eigenvalue weighted by atomic mass is 9.97. The van der Waals surface area contributed by atoms with E-state index in [2.05, 4.69) is 5.32 Å². The first-order chi connectivity index (χ1) is 16.3. The maximum atomic E-state index is 13.2. The van der Waals surface area contributed by atoms with Crippen molar-refractivity contribution in [1.29, 1.82) is 0 Å². The van der Waals surface area contributed by atoms with Crippen LogP contribution < -0.4 is 14.8 Å². The lowest BCUT2D eigenvalue weighted by Gasteiger charge is -2.19. The first kappa shape index (κ1) is 24.0. The van der Waals surface area contributed by atoms with Gasteiger partial charge in [0, 0.05) is 18.8 Å². The number of fused-ring (bicyclic) bond motifs is 1. The Bertz CT molecular complexity index is 1300. The highest BCUT2D eigenvalue weighted by atomic mass is 32.2. The zero-order valence-corrected chi connectivity index (χ0v) is 20.5. The fourth-order valence-electron chi connectivity index (χ4n) is 4.17. The molecule has 0 saturated carbocycles. The number of carbonyl (C=O) groups is 1. The first-order valence-corrected chi connectivity index (χ1v) is 12.9. The molecule has 1 aliphatic rings. The highest BCUT2D eigenvalue weighted by molar-refractivity contribution is 7.89. The molecule has 1 aliphatic heterocycles. The molecule has 180 valence electrons. The minimum Gasteiger partial charge on any atom is -0.497 e. The van der Waals surface area contributed by atoms with E-state index in [1.165, 1.54) is 10.4 Å². The van der Waals surface area contributed by atoms with E-state index < -0.39 is 15.9 Å². The smallest absolute Gasteiger partial charge is 0.246 e. The second-order valence-corrected chi connectivity index (χ2v) is 10.3. The minimum atomic E-state index is -3.71. The second kappa shape index (κ2) is 10.0. The van der Waals surface area contributed by atoms with Crippen molar-refractivity contribution < 1.29 is 22.7 Å². The van der Waals surface area contributed by atoms with Crippen LogP contribution >= 0.6 is 0 Å². The molecule has 3 aromatic carbocycles. The van der Waals surface area contributed by atoms with E-state index in [9.17, 15) is 13.2 Å². The molecule has 1 amide bonds. The van der Waals surface area contributed by atoms with Gasteiger partial charge in [0.1, 0.15) is 16.4 Å². The van der Waals surface area contributed by atoms with Crippen LogP contribution in [0.1, 0.15) is 38.2 Å². The van der Waals surface area contributed by atoms with E-state index >= 15 is 0 Å². The highest BCUT2D eigenvalue weighted by Gasteiger charge is 2.30. The summed E-state index contributed by atoms with van der Waals surface area (Å²) in [6, 6.07) is 16.5. The Morgan fingerprint density at radius 3 is 2.44 bits per heavy atom. The molecule has 3 aromatic rings. The van der Waals surface area contributed by atoms with E-state index in [0.29, 0.717) is 31.1 Å². The van der Waals surface area contributed by atoms with Gasteiger partial charge in [-0.15, -0.1) is 0 Å². The van der Waals surface area contributed by atoms with Crippen LogP contribution in [0.25, 0.3) is 10.8 Å². The van der Waals surface area contributed by atoms with E-state index in [4.69, 9.17) is 9.47 Å². The zero-order valence-electron chi connectivity index (χ0n) is 19.7. The van der Waals surface area contributed by atoms with Crippen molar-refractivity contribution in [3.63, 3.8) is 0 Å². The van der Waals surface area contributed by atoms with Crippen LogP contribution in [0.3, 0.4) is 0 Å². The van der Waals surface area contributed by atoms with Crippen molar-refractivity contribution in [2.45, 2.75) is 37.5 Å². The predicted octanol–water partition coefficient (Wildman–Crippen LogP) is 4.77. The standard InChI is InChI=1S/C26H30N2O5S/c1-4-33-24-12-10-22(17-25(24)34(30,31)28-13-5-6-14-28)27-26(29)18(2)19-7-8-21-16-23(32-3)11-9-20(21)15-19/h7-12,15-18H,4-6,13-14H2,1-3H3,(H,27,29)/t18-/m0/s1. The van der Waals surface area contributed by atoms with Gasteiger partial charge in [-0.3, -0.25) is 4.79 Å². The van der Waals surface area contributed by atoms with Crippen LogP contribution in [0.4, 0.5) is 5.69 Å². The number of benzene rings is 3. The number of anilines is 1. The van der Waals surface area contributed by atoms with Crippen LogP contribution in [0.15, 0.2) is 59.5 Å². The first-order valence-electron chi connectivity index (χ1n) is 11.5. The van der Waals surface area contributed by atoms with Crippen molar-refractivity contribution in [3.8, 4) is 11.5 Å². The molecule has 0 bridgehead atoms. The molecule has 34 heavy (non-hydrogen) atoms. The van der Waals surface area contributed by atoms with Crippen LogP contribution in [0.5, 0.6) is 11.5 Å². The Labute approximate surface area is 200 Å². The second-order valence-electron chi connectivity index (χ2n) is 8.39. The van der Waals surface area contributed by atoms with Gasteiger partial charge in [0.25, 0.3) is 0 Å². The summed E-state index contributed by atoms with van der Waals surface area (Å²) in [4.78, 5) is 13.1. The van der Waals surface area contributed by atoms with Gasteiger partial charge in [0.15, 0.2) is 0 Å². The summed E-state index contributed by atoms with van der Waals surface area (Å²) < 4.78 is 38.8. The minimum absolute atomic E-state index is 0.0846. The number of nitrogens with one attached hydrogen (secondary N) is 1. The van der Waals surface area contributed by atoms with Gasteiger partial charge < -0.3 is 14.8 Å². The van der Waals surface area contributed by atoms with Crippen molar-refractivity contribution in [1.82, 2.24) is 4.31 Å². The molecule has 4 rings (SSSR count). The van der Waals surface area contributed by atoms with Gasteiger partial charge >= 0.3 is 0 Å². The average Bonchev–Trinajstić information content (AvgIpc) is 3.40. The number of hydrogen-bond acceptors (Lipinski definition) is 5. The molecule has 7 nitrogen and oxygen atoms in total. The van der Waals surface area contributed by atoms with Gasteiger partial charge in [-0.25, -0.2) is 8.42 Å². The predicted molar refractivity (Wildman–Crippen MR) is 133 cm³/mol. The van der Waals surface area contributed by atoms with Crippen molar-refractivity contribution in [3.05, 3.63) is 60.2 Å². The van der Waals surface area contributed by atoms with E-state index in [-0.39, 0.29) is 10.8 Å². The third-order valence-corrected chi connectivity index (χ3v) is 8.08. The van der Waals surface area contributed by atoms with Gasteiger partial charge in [-0.05, 0) is 73.4 Å². The van der Waals surface area contributed by atoms with Gasteiger partial charge in [-0.2, -0.15) is 4.31 Å². The summed E-state index contributed by atoms with van der Waals surface area (Å²) in [5.41, 5.74) is 1.29. The molecule has 1 N–H and O–H groups in total. The average molecular weight is 483 g/mol. The van der Waals surface area contributed by atoms with E-state index in [1.807, 2.05) is 50.2 Å². The number of nitrogens with zero attached hydrogens (tertiary/aromatic N) is 1. The number of sulfonamides is 1. The lowest BCUT2D eigenvalue weighted by molar-refractivity contribution is -0.117. The summed E-state index contributed by atoms with van der Waals surface area (Å²) in [7, 11) is -2.08. The van der Waals surface area contributed by atoms with Gasteiger partial charge in [0.2, 0.25) is 15.9 Å². The number of rotatable bonds is 8. The maximum absolute atomic E-state index is 13.2. The Hall–Kier alpha value is -3.10. The van der Waals surface area contributed by atoms with Crippen LogP contribution in [0, 0.1) is 0 Å². The van der Waals surface area contributed by atoms with Crippen LogP contribution in [-0.2, 0) is 14.8 Å². The van der Waals surface area contributed by atoms with Crippen molar-refractivity contribution in [2.24, 2.45) is 0 Å². The zero-order chi connectivity index (χ0) is 24.3. The fourth-order valence-corrected chi connectivity index (χ4v) is 5.84. The number of carbonyl (C=O) groups excluding carboxylic acids is 1. The molecule has 0 aliphatic carbocycles. The molecular formula is C26H30N2O5S. The molecule has 1 saturated heterocycles. The Kier molecular flexibility index (Phi) is 7.09. The quantitative estimate of drug-likeness (QED) is 0.500. The summed E-state index contributed by atoms with van der Waals surface area (Å²) in [5, 5.41) is 4.92. The molecular weight excluding hydrogens is 452 g/mol. The Balaban J connectivity index is 1.58. The summed E-state index contributed by atoms with van der Waals surface area (Å²) in [6.45, 7) is 4.98. The molecule has 1 atom stereocenters. The number of ether oxygens (including phenoxy) is 2. The highest BCUT2D eigenvalue weighted by Crippen LogP contribution is 2.32. The molecule has 0 radical (unpaired) electrons. The number of methoxy groups -OCH3 is 1. The van der Waals surface area contributed by atoms with Gasteiger partial charge in [-0.1, -0.05) is 24.3 Å². The SMILES string of the molecule is CCOc1ccc(NC(=O)[C@@H](C)c2ccc3cc(OC)ccc3c2)cc1S(=O)(=O)N1CCCC1. The monoisotopic (exact) mass is 482 g/mol. The maximum Gasteiger partial charge on any atom is 0.246 e. The van der Waals surface area contributed by atoms with Crippen molar-refractivity contribution in [2.75, 3.05) is 32.1 Å². The fraction of sp³-hybridized carbons (Fsp3) is 0.346. The summed E-state index contributed by atoms with van der Waals surface area (Å²) >= 11 is 0. The van der Waals surface area contributed by atoms with E-state index in [0.717, 1.165) is 34.9 Å². The molecule has 0 aromatic heterocycles. The molecule has 1 heterocycles. The molecule has 0 unspecified atom stereocenters. The Morgan fingerprint density at radius 1 is 1.03 bits per heavy atom. The number of amides is 1. The summed E-state index contributed by atoms with van der Waals surface area (Å²) in [6.07, 6.45) is 1.69. The molecule has 1 fully saturated rings. The molecule has 8 heteroatoms. The van der Waals surface area contributed by atoms with E-state index in [1.54, 1.807) is 19.2 Å². The van der Waals surface area contributed by atoms with Crippen LogP contribution in [0.2, 0.25) is 0 Å². The molecule has 0 spiro atoms. The van der Waals surface area contributed by atoms with Gasteiger partial charge in [0.05, 0.1) is 19.6 Å². The summed E-state index contributed by atoms with van der Waals surface area (Å²) in [5.74, 6) is 0.421. The van der Waals surface area contributed by atoms with Crippen molar-refractivity contribution >= 4 is 32.4 Å². The Morgan fingerprint density at radius 2 is 1.74 bits per heavy atom. The number of hydrogen-bond donors (Lipinski definition) is 1. The topological polar surface area (TPSA) is 84.9 Å². The van der Waals surface area contributed by atoms with Crippen LogP contribution in [-0.4, -0.2) is 45.4 Å². The third-order valence-electron chi connectivity index (χ3n) is 6.16. The third kappa shape index (κ3) is 4.88.